The van der Waals surface area contributed by atoms with Crippen molar-refractivity contribution in [2.75, 3.05) is 13.1 Å². The fourth-order valence-corrected chi connectivity index (χ4v) is 3.62. The lowest BCUT2D eigenvalue weighted by molar-refractivity contribution is 0.0783. The van der Waals surface area contributed by atoms with Gasteiger partial charge in [-0.2, -0.15) is 0 Å². The molecule has 1 unspecified atom stereocenters. The quantitative estimate of drug-likeness (QED) is 0.739. The van der Waals surface area contributed by atoms with Crippen molar-refractivity contribution in [3.63, 3.8) is 0 Å². The summed E-state index contributed by atoms with van der Waals surface area (Å²) in [5.41, 5.74) is 1.64. The van der Waals surface area contributed by atoms with Crippen LogP contribution in [0.25, 0.3) is 10.8 Å². The third-order valence-corrected chi connectivity index (χ3v) is 5.22. The van der Waals surface area contributed by atoms with Crippen LogP contribution in [0.5, 0.6) is 0 Å². The van der Waals surface area contributed by atoms with Crippen LogP contribution in [0.3, 0.4) is 0 Å². The average Bonchev–Trinajstić information content (AvgIpc) is 3.19. The van der Waals surface area contributed by atoms with Crippen molar-refractivity contribution in [1.29, 1.82) is 0 Å². The average molecular weight is 333 g/mol. The fraction of sp³-hybridized carbons (Fsp3) is 0.368. The molecule has 25 heavy (non-hydrogen) atoms. The Balaban J connectivity index is 1.37. The number of pyridine rings is 1. The Bertz CT molecular complexity index is 940. The Labute approximate surface area is 145 Å². The van der Waals surface area contributed by atoms with Crippen molar-refractivity contribution < 1.29 is 4.79 Å². The number of hydrogen-bond acceptors (Lipinski definition) is 4. The molecule has 2 aliphatic rings. The van der Waals surface area contributed by atoms with E-state index in [9.17, 15) is 4.79 Å². The van der Waals surface area contributed by atoms with Crippen LogP contribution in [0, 0.1) is 0 Å². The molecule has 6 heteroatoms. The maximum absolute atomic E-state index is 13.0. The number of carbonyl (C=O) groups excluding carboxylic acids is 1. The molecule has 1 aliphatic carbocycles. The molecule has 0 spiro atoms. The van der Waals surface area contributed by atoms with Crippen molar-refractivity contribution in [2.45, 2.75) is 31.2 Å². The smallest absolute Gasteiger partial charge is 0.273 e. The summed E-state index contributed by atoms with van der Waals surface area (Å²) in [4.78, 5) is 19.2. The monoisotopic (exact) mass is 333 g/mol. The number of fused-ring (bicyclic) bond motifs is 1. The van der Waals surface area contributed by atoms with Crippen LogP contribution >= 0.6 is 0 Å². The van der Waals surface area contributed by atoms with Gasteiger partial charge in [-0.05, 0) is 30.7 Å². The summed E-state index contributed by atoms with van der Waals surface area (Å²) < 4.78 is 1.94. The Morgan fingerprint density at radius 1 is 1.12 bits per heavy atom. The molecule has 1 aromatic carbocycles. The van der Waals surface area contributed by atoms with Crippen LogP contribution in [0.15, 0.2) is 42.7 Å². The lowest BCUT2D eigenvalue weighted by atomic mass is 10.1. The number of nitrogens with zero attached hydrogens (tertiary/aromatic N) is 5. The zero-order valence-electron chi connectivity index (χ0n) is 13.9. The van der Waals surface area contributed by atoms with Gasteiger partial charge >= 0.3 is 0 Å². The number of hydrogen-bond donors (Lipinski definition) is 0. The maximum atomic E-state index is 13.0. The van der Waals surface area contributed by atoms with E-state index in [1.54, 1.807) is 6.20 Å². The number of carbonyl (C=O) groups is 1. The second kappa shape index (κ2) is 5.65. The molecular formula is C19H19N5O. The molecule has 1 aliphatic heterocycles. The number of amides is 1. The SMILES string of the molecule is O=C(c1nccc2ccccc12)N1CCC(n2cc(C3CC3)nn2)C1. The van der Waals surface area contributed by atoms with Crippen LogP contribution in [0.2, 0.25) is 0 Å². The van der Waals surface area contributed by atoms with Crippen molar-refractivity contribution in [3.8, 4) is 0 Å². The Hall–Kier alpha value is -2.76. The predicted octanol–water partition coefficient (Wildman–Crippen LogP) is 2.79. The van der Waals surface area contributed by atoms with E-state index in [0.717, 1.165) is 29.4 Å². The highest BCUT2D eigenvalue weighted by Gasteiger charge is 2.32. The molecule has 2 fully saturated rings. The zero-order chi connectivity index (χ0) is 16.8. The van der Waals surface area contributed by atoms with Crippen LogP contribution in [0.1, 0.15) is 47.4 Å². The van der Waals surface area contributed by atoms with Gasteiger partial charge in [0.25, 0.3) is 5.91 Å². The molecule has 1 amide bonds. The van der Waals surface area contributed by atoms with Crippen molar-refractivity contribution in [2.24, 2.45) is 0 Å². The summed E-state index contributed by atoms with van der Waals surface area (Å²) >= 11 is 0. The molecule has 5 rings (SSSR count). The Morgan fingerprint density at radius 3 is 2.88 bits per heavy atom. The molecule has 126 valence electrons. The van der Waals surface area contributed by atoms with Gasteiger partial charge in [0, 0.05) is 36.8 Å². The molecule has 1 saturated carbocycles. The van der Waals surface area contributed by atoms with Crippen LogP contribution in [-0.4, -0.2) is 43.9 Å². The highest BCUT2D eigenvalue weighted by atomic mass is 16.2. The molecule has 0 N–H and O–H groups in total. The molecular weight excluding hydrogens is 314 g/mol. The molecule has 1 atom stereocenters. The topological polar surface area (TPSA) is 63.9 Å². The van der Waals surface area contributed by atoms with Gasteiger partial charge in [0.2, 0.25) is 0 Å². The zero-order valence-corrected chi connectivity index (χ0v) is 13.9. The van der Waals surface area contributed by atoms with E-state index in [4.69, 9.17) is 0 Å². The number of aromatic nitrogens is 4. The lowest BCUT2D eigenvalue weighted by Crippen LogP contribution is -2.30. The van der Waals surface area contributed by atoms with Gasteiger partial charge in [-0.25, -0.2) is 4.68 Å². The minimum atomic E-state index is 0.00170. The van der Waals surface area contributed by atoms with Crippen LogP contribution < -0.4 is 0 Å². The first-order chi connectivity index (χ1) is 12.3. The Morgan fingerprint density at radius 2 is 2.00 bits per heavy atom. The predicted molar refractivity (Wildman–Crippen MR) is 93.3 cm³/mol. The van der Waals surface area contributed by atoms with Gasteiger partial charge in [-0.3, -0.25) is 9.78 Å². The third kappa shape index (κ3) is 2.58. The number of rotatable bonds is 3. The van der Waals surface area contributed by atoms with E-state index in [1.165, 1.54) is 12.8 Å². The second-order valence-electron chi connectivity index (χ2n) is 6.97. The second-order valence-corrected chi connectivity index (χ2v) is 6.97. The number of benzene rings is 1. The van der Waals surface area contributed by atoms with Gasteiger partial charge in [-0.15, -0.1) is 5.10 Å². The van der Waals surface area contributed by atoms with Crippen LogP contribution in [-0.2, 0) is 0 Å². The summed E-state index contributed by atoms with van der Waals surface area (Å²) in [7, 11) is 0. The van der Waals surface area contributed by atoms with E-state index in [0.29, 0.717) is 18.2 Å². The normalized spacial score (nSPS) is 20.3. The summed E-state index contributed by atoms with van der Waals surface area (Å²) in [6, 6.07) is 10.0. The van der Waals surface area contributed by atoms with Crippen molar-refractivity contribution in [3.05, 3.63) is 54.1 Å². The molecule has 2 aromatic heterocycles. The van der Waals surface area contributed by atoms with Gasteiger partial charge in [0.15, 0.2) is 0 Å². The van der Waals surface area contributed by atoms with Crippen molar-refractivity contribution >= 4 is 16.7 Å². The largest absolute Gasteiger partial charge is 0.335 e. The van der Waals surface area contributed by atoms with Gasteiger partial charge < -0.3 is 4.90 Å². The van der Waals surface area contributed by atoms with Gasteiger partial charge in [0.05, 0.1) is 11.7 Å². The highest BCUT2D eigenvalue weighted by molar-refractivity contribution is 6.05. The summed E-state index contributed by atoms with van der Waals surface area (Å²) in [6.07, 6.45) is 7.13. The van der Waals surface area contributed by atoms with E-state index in [-0.39, 0.29) is 11.9 Å². The van der Waals surface area contributed by atoms with E-state index < -0.39 is 0 Å². The standard InChI is InChI=1S/C19H19N5O/c25-19(18-16-4-2-1-3-13(16)7-9-20-18)23-10-8-15(11-23)24-12-17(21-22-24)14-5-6-14/h1-4,7,9,12,14-15H,5-6,8,10-11H2. The first-order valence-corrected chi connectivity index (χ1v) is 8.84. The molecule has 6 nitrogen and oxygen atoms in total. The Kier molecular flexibility index (Phi) is 3.29. The minimum absolute atomic E-state index is 0.00170. The van der Waals surface area contributed by atoms with Gasteiger partial charge in [-0.1, -0.05) is 29.5 Å². The first-order valence-electron chi connectivity index (χ1n) is 8.84. The molecule has 0 radical (unpaired) electrons. The third-order valence-electron chi connectivity index (χ3n) is 5.22. The molecule has 3 aromatic rings. The lowest BCUT2D eigenvalue weighted by Gasteiger charge is -2.17. The van der Waals surface area contributed by atoms with Crippen LogP contribution in [0.4, 0.5) is 0 Å². The van der Waals surface area contributed by atoms with Crippen molar-refractivity contribution in [1.82, 2.24) is 24.9 Å². The minimum Gasteiger partial charge on any atom is -0.335 e. The number of likely N-dealkylation sites (tertiary alicyclic amines) is 1. The first kappa shape index (κ1) is 14.6. The highest BCUT2D eigenvalue weighted by Crippen LogP contribution is 2.39. The van der Waals surface area contributed by atoms with E-state index >= 15 is 0 Å². The van der Waals surface area contributed by atoms with E-state index in [2.05, 4.69) is 21.5 Å². The molecule has 1 saturated heterocycles. The summed E-state index contributed by atoms with van der Waals surface area (Å²) in [6.45, 7) is 1.39. The summed E-state index contributed by atoms with van der Waals surface area (Å²) in [5.74, 6) is 0.606. The fourth-order valence-electron chi connectivity index (χ4n) is 3.62. The van der Waals surface area contributed by atoms with E-state index in [1.807, 2.05) is 39.9 Å². The maximum Gasteiger partial charge on any atom is 0.273 e. The summed E-state index contributed by atoms with van der Waals surface area (Å²) in [5, 5.41) is 10.5. The molecule has 3 heterocycles. The van der Waals surface area contributed by atoms with Gasteiger partial charge in [0.1, 0.15) is 5.69 Å². The molecule has 0 bridgehead atoms.